The molecule has 2 unspecified atom stereocenters. The van der Waals surface area contributed by atoms with Crippen LogP contribution < -0.4 is 0 Å². The number of ether oxygens (including phenoxy) is 1. The normalized spacial score (nSPS) is 21.6. The van der Waals surface area contributed by atoms with Crippen molar-refractivity contribution in [2.75, 3.05) is 19.8 Å². The zero-order chi connectivity index (χ0) is 14.7. The van der Waals surface area contributed by atoms with E-state index in [1.54, 1.807) is 0 Å². The molecule has 20 heavy (non-hydrogen) atoms. The number of carboxylic acids is 1. The fourth-order valence-electron chi connectivity index (χ4n) is 2.77. The Morgan fingerprint density at radius 3 is 2.85 bits per heavy atom. The highest BCUT2D eigenvalue weighted by Crippen LogP contribution is 2.27. The second-order valence-electron chi connectivity index (χ2n) is 5.58. The van der Waals surface area contributed by atoms with Crippen molar-refractivity contribution >= 4 is 5.97 Å². The fraction of sp³-hybridized carbons (Fsp3) is 0.562. The van der Waals surface area contributed by atoms with E-state index in [-0.39, 0.29) is 18.5 Å². The van der Waals surface area contributed by atoms with Crippen LogP contribution in [0.15, 0.2) is 18.2 Å². The molecule has 0 aromatic heterocycles. The number of nitrogens with zero attached hydrogens (tertiary/aromatic N) is 1. The van der Waals surface area contributed by atoms with E-state index in [1.807, 2.05) is 0 Å². The van der Waals surface area contributed by atoms with Gasteiger partial charge in [-0.15, -0.1) is 0 Å². The maximum Gasteiger partial charge on any atom is 0.305 e. The first-order chi connectivity index (χ1) is 9.49. The monoisotopic (exact) mass is 277 g/mol. The predicted octanol–water partition coefficient (Wildman–Crippen LogP) is 2.54. The van der Waals surface area contributed by atoms with Crippen LogP contribution in [0.3, 0.4) is 0 Å². The molecule has 1 aliphatic heterocycles. The van der Waals surface area contributed by atoms with Crippen molar-refractivity contribution in [1.82, 2.24) is 4.90 Å². The molecule has 0 saturated carbocycles. The second-order valence-corrected chi connectivity index (χ2v) is 5.58. The fourth-order valence-corrected chi connectivity index (χ4v) is 2.77. The SMILES string of the molecule is Cc1ccc(C(C)N2CCOCC2CC(=O)O)cc1C. The van der Waals surface area contributed by atoms with E-state index in [0.717, 1.165) is 6.54 Å². The summed E-state index contributed by atoms with van der Waals surface area (Å²) in [4.78, 5) is 13.2. The number of hydrogen-bond acceptors (Lipinski definition) is 3. The van der Waals surface area contributed by atoms with Gasteiger partial charge in [-0.05, 0) is 37.5 Å². The number of morpholine rings is 1. The summed E-state index contributed by atoms with van der Waals surface area (Å²) in [5.41, 5.74) is 3.80. The summed E-state index contributed by atoms with van der Waals surface area (Å²) in [7, 11) is 0. The maximum absolute atomic E-state index is 11.0. The van der Waals surface area contributed by atoms with Gasteiger partial charge in [-0.3, -0.25) is 9.69 Å². The van der Waals surface area contributed by atoms with E-state index < -0.39 is 5.97 Å². The van der Waals surface area contributed by atoms with E-state index in [4.69, 9.17) is 9.84 Å². The average molecular weight is 277 g/mol. The molecule has 0 radical (unpaired) electrons. The Morgan fingerprint density at radius 1 is 1.45 bits per heavy atom. The lowest BCUT2D eigenvalue weighted by Gasteiger charge is -2.39. The molecule has 1 aromatic rings. The van der Waals surface area contributed by atoms with Gasteiger partial charge in [-0.1, -0.05) is 18.2 Å². The average Bonchev–Trinajstić information content (AvgIpc) is 2.41. The van der Waals surface area contributed by atoms with Crippen molar-refractivity contribution in [3.63, 3.8) is 0 Å². The highest BCUT2D eigenvalue weighted by molar-refractivity contribution is 5.67. The molecule has 0 bridgehead atoms. The summed E-state index contributed by atoms with van der Waals surface area (Å²) in [5.74, 6) is -0.766. The zero-order valence-electron chi connectivity index (χ0n) is 12.4. The zero-order valence-corrected chi connectivity index (χ0v) is 12.4. The molecule has 1 aliphatic rings. The van der Waals surface area contributed by atoms with Crippen LogP contribution in [0.5, 0.6) is 0 Å². The van der Waals surface area contributed by atoms with E-state index in [9.17, 15) is 4.79 Å². The molecule has 4 nitrogen and oxygen atoms in total. The van der Waals surface area contributed by atoms with E-state index in [2.05, 4.69) is 43.9 Å². The molecule has 1 heterocycles. The molecule has 1 aromatic carbocycles. The molecular weight excluding hydrogens is 254 g/mol. The van der Waals surface area contributed by atoms with Gasteiger partial charge < -0.3 is 9.84 Å². The van der Waals surface area contributed by atoms with Crippen LogP contribution in [0.25, 0.3) is 0 Å². The van der Waals surface area contributed by atoms with Gasteiger partial charge in [-0.25, -0.2) is 0 Å². The first kappa shape index (κ1) is 15.0. The van der Waals surface area contributed by atoms with Gasteiger partial charge in [0.15, 0.2) is 0 Å². The summed E-state index contributed by atoms with van der Waals surface area (Å²) in [5, 5.41) is 9.03. The Kier molecular flexibility index (Phi) is 4.78. The van der Waals surface area contributed by atoms with Crippen molar-refractivity contribution in [2.45, 2.75) is 39.3 Å². The smallest absolute Gasteiger partial charge is 0.305 e. The lowest BCUT2D eigenvalue weighted by atomic mass is 9.99. The minimum atomic E-state index is -0.766. The van der Waals surface area contributed by atoms with Gasteiger partial charge in [0.05, 0.1) is 19.6 Å². The number of aliphatic carboxylic acids is 1. The van der Waals surface area contributed by atoms with Gasteiger partial charge >= 0.3 is 5.97 Å². The Bertz CT molecular complexity index is 487. The molecule has 2 atom stereocenters. The van der Waals surface area contributed by atoms with Crippen LogP contribution in [-0.4, -0.2) is 41.8 Å². The largest absolute Gasteiger partial charge is 0.481 e. The number of hydrogen-bond donors (Lipinski definition) is 1. The van der Waals surface area contributed by atoms with Gasteiger partial charge in [0.1, 0.15) is 0 Å². The third-order valence-corrected chi connectivity index (χ3v) is 4.19. The van der Waals surface area contributed by atoms with E-state index in [0.29, 0.717) is 13.2 Å². The Hall–Kier alpha value is -1.39. The maximum atomic E-state index is 11.0. The molecule has 2 rings (SSSR count). The molecule has 0 spiro atoms. The second kappa shape index (κ2) is 6.37. The first-order valence-electron chi connectivity index (χ1n) is 7.11. The molecule has 0 aliphatic carbocycles. The number of rotatable bonds is 4. The summed E-state index contributed by atoms with van der Waals surface area (Å²) in [6.07, 6.45) is 0.134. The molecule has 1 saturated heterocycles. The standard InChI is InChI=1S/C16H23NO3/c1-11-4-5-14(8-12(11)2)13(3)17-6-7-20-10-15(17)9-16(18)19/h4-5,8,13,15H,6-7,9-10H2,1-3H3,(H,18,19). The van der Waals surface area contributed by atoms with Gasteiger partial charge in [-0.2, -0.15) is 0 Å². The summed E-state index contributed by atoms with van der Waals surface area (Å²) in [6, 6.07) is 6.64. The van der Waals surface area contributed by atoms with Crippen molar-refractivity contribution in [2.24, 2.45) is 0 Å². The quantitative estimate of drug-likeness (QED) is 0.919. The number of carboxylic acid groups (broad SMARTS) is 1. The topological polar surface area (TPSA) is 49.8 Å². The Balaban J connectivity index is 2.17. The third kappa shape index (κ3) is 3.38. The van der Waals surface area contributed by atoms with Crippen LogP contribution in [0, 0.1) is 13.8 Å². The Morgan fingerprint density at radius 2 is 2.20 bits per heavy atom. The van der Waals surface area contributed by atoms with E-state index >= 15 is 0 Å². The molecule has 4 heteroatoms. The lowest BCUT2D eigenvalue weighted by Crippen LogP contribution is -2.47. The van der Waals surface area contributed by atoms with Crippen LogP contribution in [-0.2, 0) is 9.53 Å². The minimum absolute atomic E-state index is 0.0436. The van der Waals surface area contributed by atoms with Crippen LogP contribution in [0.4, 0.5) is 0 Å². The minimum Gasteiger partial charge on any atom is -0.481 e. The number of benzene rings is 1. The van der Waals surface area contributed by atoms with Crippen LogP contribution in [0.2, 0.25) is 0 Å². The van der Waals surface area contributed by atoms with Crippen LogP contribution in [0.1, 0.15) is 36.1 Å². The molecule has 110 valence electrons. The number of carbonyl (C=O) groups is 1. The predicted molar refractivity (Wildman–Crippen MR) is 77.9 cm³/mol. The highest BCUT2D eigenvalue weighted by atomic mass is 16.5. The third-order valence-electron chi connectivity index (χ3n) is 4.19. The summed E-state index contributed by atoms with van der Waals surface area (Å²) >= 11 is 0. The van der Waals surface area contributed by atoms with Crippen molar-refractivity contribution in [3.05, 3.63) is 34.9 Å². The van der Waals surface area contributed by atoms with Gasteiger partial charge in [0, 0.05) is 18.6 Å². The Labute approximate surface area is 120 Å². The number of aryl methyl sites for hydroxylation is 2. The van der Waals surface area contributed by atoms with Crippen molar-refractivity contribution in [3.8, 4) is 0 Å². The van der Waals surface area contributed by atoms with Crippen LogP contribution >= 0.6 is 0 Å². The van der Waals surface area contributed by atoms with Crippen molar-refractivity contribution in [1.29, 1.82) is 0 Å². The molecular formula is C16H23NO3. The summed E-state index contributed by atoms with van der Waals surface area (Å²) < 4.78 is 5.44. The summed E-state index contributed by atoms with van der Waals surface area (Å²) in [6.45, 7) is 8.31. The lowest BCUT2D eigenvalue weighted by molar-refractivity contribution is -0.140. The van der Waals surface area contributed by atoms with Gasteiger partial charge in [0.2, 0.25) is 0 Å². The van der Waals surface area contributed by atoms with E-state index in [1.165, 1.54) is 16.7 Å². The molecule has 0 amide bonds. The molecule has 1 fully saturated rings. The molecule has 1 N–H and O–H groups in total. The van der Waals surface area contributed by atoms with Gasteiger partial charge in [0.25, 0.3) is 0 Å². The first-order valence-corrected chi connectivity index (χ1v) is 7.11. The van der Waals surface area contributed by atoms with Crippen molar-refractivity contribution < 1.29 is 14.6 Å². The highest BCUT2D eigenvalue weighted by Gasteiger charge is 2.29.